The van der Waals surface area contributed by atoms with Gasteiger partial charge in [-0.3, -0.25) is 0 Å². The summed E-state index contributed by atoms with van der Waals surface area (Å²) in [5.41, 5.74) is 1.38. The van der Waals surface area contributed by atoms with Gasteiger partial charge in [-0.15, -0.1) is 0 Å². The number of imidazole rings is 1. The zero-order valence-electron chi connectivity index (χ0n) is 11.2. The molecule has 1 atom stereocenters. The highest BCUT2D eigenvalue weighted by atomic mass is 16.5. The van der Waals surface area contributed by atoms with Gasteiger partial charge in [-0.25, -0.2) is 4.98 Å². The molecular formula is C11H18N6O2. The molecule has 0 radical (unpaired) electrons. The van der Waals surface area contributed by atoms with Crippen LogP contribution in [-0.4, -0.2) is 60.5 Å². The van der Waals surface area contributed by atoms with Crippen molar-refractivity contribution in [2.24, 2.45) is 0 Å². The van der Waals surface area contributed by atoms with E-state index < -0.39 is 0 Å². The van der Waals surface area contributed by atoms with E-state index in [2.05, 4.69) is 30.6 Å². The molecule has 0 saturated heterocycles. The molecule has 1 unspecified atom stereocenters. The molecule has 8 heteroatoms. The van der Waals surface area contributed by atoms with E-state index in [0.717, 1.165) is 5.52 Å². The number of hydrogen-bond acceptors (Lipinski definition) is 7. The van der Waals surface area contributed by atoms with Crippen molar-refractivity contribution in [1.82, 2.24) is 19.9 Å². The first-order chi connectivity index (χ1) is 9.28. The van der Waals surface area contributed by atoms with Crippen molar-refractivity contribution in [2.75, 3.05) is 45.1 Å². The second kappa shape index (κ2) is 6.30. The molecule has 0 aliphatic heterocycles. The summed E-state index contributed by atoms with van der Waals surface area (Å²) in [5, 5.41) is 6.12. The standard InChI is InChI=1S/C11H18N6O2/c1-12-11-16-9(8-10(17-11)15-6-14-8)13-4-7(19-3)5-18-2/h6-7H,4-5H2,1-3H3,(H3,12,13,14,15,16,17). The lowest BCUT2D eigenvalue weighted by Gasteiger charge is -2.15. The van der Waals surface area contributed by atoms with Crippen LogP contribution in [0.4, 0.5) is 11.8 Å². The van der Waals surface area contributed by atoms with E-state index in [9.17, 15) is 0 Å². The molecule has 19 heavy (non-hydrogen) atoms. The third-order valence-electron chi connectivity index (χ3n) is 2.69. The Morgan fingerprint density at radius 2 is 2.21 bits per heavy atom. The molecule has 3 N–H and O–H groups in total. The number of methoxy groups -OCH3 is 2. The lowest BCUT2D eigenvalue weighted by molar-refractivity contribution is 0.0365. The van der Waals surface area contributed by atoms with Crippen molar-refractivity contribution in [3.8, 4) is 0 Å². The smallest absolute Gasteiger partial charge is 0.226 e. The SMILES string of the molecule is CNc1nc(NCC(COC)OC)c2[nH]cnc2n1. The highest BCUT2D eigenvalue weighted by Crippen LogP contribution is 2.18. The molecule has 8 nitrogen and oxygen atoms in total. The van der Waals surface area contributed by atoms with Crippen molar-refractivity contribution < 1.29 is 9.47 Å². The van der Waals surface area contributed by atoms with Crippen LogP contribution < -0.4 is 10.6 Å². The van der Waals surface area contributed by atoms with Gasteiger partial charge in [0, 0.05) is 27.8 Å². The van der Waals surface area contributed by atoms with E-state index in [-0.39, 0.29) is 6.10 Å². The van der Waals surface area contributed by atoms with E-state index in [0.29, 0.717) is 30.6 Å². The number of nitrogens with one attached hydrogen (secondary N) is 3. The number of ether oxygens (including phenoxy) is 2. The number of rotatable bonds is 7. The number of anilines is 2. The number of aromatic nitrogens is 4. The second-order valence-corrected chi connectivity index (χ2v) is 3.94. The van der Waals surface area contributed by atoms with E-state index in [1.165, 1.54) is 0 Å². The fourth-order valence-electron chi connectivity index (χ4n) is 1.68. The van der Waals surface area contributed by atoms with Crippen molar-refractivity contribution >= 4 is 22.9 Å². The minimum atomic E-state index is -0.0454. The molecule has 0 aliphatic rings. The molecule has 0 amide bonds. The van der Waals surface area contributed by atoms with Crippen LogP contribution >= 0.6 is 0 Å². The first-order valence-electron chi connectivity index (χ1n) is 5.93. The van der Waals surface area contributed by atoms with Crippen LogP contribution in [-0.2, 0) is 9.47 Å². The third-order valence-corrected chi connectivity index (χ3v) is 2.69. The molecule has 2 aromatic heterocycles. The van der Waals surface area contributed by atoms with Crippen LogP contribution in [0.1, 0.15) is 0 Å². The molecule has 0 aromatic carbocycles. The van der Waals surface area contributed by atoms with E-state index in [1.54, 1.807) is 27.6 Å². The maximum Gasteiger partial charge on any atom is 0.226 e. The maximum absolute atomic E-state index is 5.29. The normalized spacial score (nSPS) is 12.6. The van der Waals surface area contributed by atoms with Gasteiger partial charge in [-0.05, 0) is 0 Å². The van der Waals surface area contributed by atoms with Gasteiger partial charge in [-0.2, -0.15) is 9.97 Å². The van der Waals surface area contributed by atoms with Crippen molar-refractivity contribution in [3.05, 3.63) is 6.33 Å². The van der Waals surface area contributed by atoms with Crippen LogP contribution in [0.5, 0.6) is 0 Å². The number of nitrogens with zero attached hydrogens (tertiary/aromatic N) is 3. The van der Waals surface area contributed by atoms with E-state index in [4.69, 9.17) is 9.47 Å². The Morgan fingerprint density at radius 3 is 2.89 bits per heavy atom. The molecule has 0 spiro atoms. The molecule has 0 saturated carbocycles. The minimum Gasteiger partial charge on any atom is -0.382 e. The van der Waals surface area contributed by atoms with Gasteiger partial charge >= 0.3 is 0 Å². The molecule has 0 aliphatic carbocycles. The fourth-order valence-corrected chi connectivity index (χ4v) is 1.68. The monoisotopic (exact) mass is 266 g/mol. The van der Waals surface area contributed by atoms with Gasteiger partial charge in [-0.1, -0.05) is 0 Å². The van der Waals surface area contributed by atoms with Crippen molar-refractivity contribution in [2.45, 2.75) is 6.10 Å². The number of H-pyrrole nitrogens is 1. The molecule has 2 heterocycles. The average molecular weight is 266 g/mol. The van der Waals surface area contributed by atoms with Gasteiger partial charge in [0.25, 0.3) is 0 Å². The minimum absolute atomic E-state index is 0.0454. The van der Waals surface area contributed by atoms with Crippen LogP contribution in [0.3, 0.4) is 0 Å². The molecular weight excluding hydrogens is 248 g/mol. The fraction of sp³-hybridized carbons (Fsp3) is 0.545. The van der Waals surface area contributed by atoms with Crippen LogP contribution in [0.15, 0.2) is 6.33 Å². The highest BCUT2D eigenvalue weighted by molar-refractivity contribution is 5.83. The summed E-state index contributed by atoms with van der Waals surface area (Å²) in [4.78, 5) is 15.7. The summed E-state index contributed by atoms with van der Waals surface area (Å²) in [7, 11) is 5.06. The van der Waals surface area contributed by atoms with E-state index >= 15 is 0 Å². The van der Waals surface area contributed by atoms with Gasteiger partial charge in [0.15, 0.2) is 11.5 Å². The first-order valence-corrected chi connectivity index (χ1v) is 5.93. The summed E-state index contributed by atoms with van der Waals surface area (Å²) in [6.45, 7) is 1.10. The Hall–Kier alpha value is -1.93. The van der Waals surface area contributed by atoms with Gasteiger partial charge in [0.2, 0.25) is 5.95 Å². The van der Waals surface area contributed by atoms with Gasteiger partial charge < -0.3 is 25.1 Å². The number of aromatic amines is 1. The van der Waals surface area contributed by atoms with Gasteiger partial charge in [0.05, 0.1) is 19.0 Å². The summed E-state index contributed by atoms with van der Waals surface area (Å²) in [6, 6.07) is 0. The Kier molecular flexibility index (Phi) is 4.48. The summed E-state index contributed by atoms with van der Waals surface area (Å²) in [6.07, 6.45) is 1.54. The Labute approximate surface area is 110 Å². The maximum atomic E-state index is 5.29. The van der Waals surface area contributed by atoms with Gasteiger partial charge in [0.1, 0.15) is 5.52 Å². The zero-order chi connectivity index (χ0) is 13.7. The number of fused-ring (bicyclic) bond motifs is 1. The summed E-state index contributed by atoms with van der Waals surface area (Å²) >= 11 is 0. The first kappa shape index (κ1) is 13.5. The lowest BCUT2D eigenvalue weighted by Crippen LogP contribution is -2.27. The quantitative estimate of drug-likeness (QED) is 0.670. The van der Waals surface area contributed by atoms with Crippen LogP contribution in [0, 0.1) is 0 Å². The zero-order valence-corrected chi connectivity index (χ0v) is 11.2. The predicted octanol–water partition coefficient (Wildman–Crippen LogP) is 0.468. The molecule has 0 bridgehead atoms. The summed E-state index contributed by atoms with van der Waals surface area (Å²) in [5.74, 6) is 1.20. The molecule has 104 valence electrons. The largest absolute Gasteiger partial charge is 0.382 e. The Morgan fingerprint density at radius 1 is 1.37 bits per heavy atom. The Bertz CT molecular complexity index is 529. The third kappa shape index (κ3) is 3.09. The van der Waals surface area contributed by atoms with Crippen LogP contribution in [0.25, 0.3) is 11.2 Å². The number of hydrogen-bond donors (Lipinski definition) is 3. The molecule has 2 rings (SSSR count). The van der Waals surface area contributed by atoms with E-state index in [1.807, 2.05) is 0 Å². The summed E-state index contributed by atoms with van der Waals surface area (Å²) < 4.78 is 10.4. The van der Waals surface area contributed by atoms with Crippen molar-refractivity contribution in [3.63, 3.8) is 0 Å². The van der Waals surface area contributed by atoms with Crippen molar-refractivity contribution in [1.29, 1.82) is 0 Å². The molecule has 2 aromatic rings. The second-order valence-electron chi connectivity index (χ2n) is 3.94. The van der Waals surface area contributed by atoms with Crippen LogP contribution in [0.2, 0.25) is 0 Å². The average Bonchev–Trinajstić information content (AvgIpc) is 2.91. The predicted molar refractivity (Wildman–Crippen MR) is 72.4 cm³/mol. The Balaban J connectivity index is 2.16. The highest BCUT2D eigenvalue weighted by Gasteiger charge is 2.12. The topological polar surface area (TPSA) is 97.0 Å². The molecule has 0 fully saturated rings. The lowest BCUT2D eigenvalue weighted by atomic mass is 10.3.